The molecule has 2 aromatic carbocycles. The molecule has 0 saturated carbocycles. The zero-order valence-electron chi connectivity index (χ0n) is 18.4. The van der Waals surface area contributed by atoms with Crippen LogP contribution in [0.3, 0.4) is 0 Å². The number of urea groups is 1. The molecule has 4 aromatic rings. The van der Waals surface area contributed by atoms with E-state index in [0.717, 1.165) is 23.5 Å². The summed E-state index contributed by atoms with van der Waals surface area (Å²) in [6.45, 7) is 4.10. The van der Waals surface area contributed by atoms with Crippen molar-refractivity contribution in [2.45, 2.75) is 6.92 Å². The average molecular weight is 464 g/mol. The van der Waals surface area contributed by atoms with Crippen LogP contribution in [-0.2, 0) is 0 Å². The minimum absolute atomic E-state index is 0.0296. The Hall–Kier alpha value is -4.21. The fourth-order valence-electron chi connectivity index (χ4n) is 3.91. The number of anilines is 2. The molecule has 2 N–H and O–H groups in total. The molecule has 5 rings (SSSR count). The maximum Gasteiger partial charge on any atom is 0.322 e. The first-order valence-corrected chi connectivity index (χ1v) is 10.8. The van der Waals surface area contributed by atoms with E-state index in [-0.39, 0.29) is 22.6 Å². The molecule has 174 valence electrons. The third-order valence-electron chi connectivity index (χ3n) is 5.72. The molecule has 34 heavy (non-hydrogen) atoms. The van der Waals surface area contributed by atoms with Crippen molar-refractivity contribution in [3.63, 3.8) is 0 Å². The summed E-state index contributed by atoms with van der Waals surface area (Å²) in [5, 5.41) is 2.73. The summed E-state index contributed by atoms with van der Waals surface area (Å²) >= 11 is 0. The van der Waals surface area contributed by atoms with Crippen LogP contribution < -0.4 is 15.0 Å². The molecule has 8 nitrogen and oxygen atoms in total. The van der Waals surface area contributed by atoms with Gasteiger partial charge in [-0.25, -0.2) is 18.6 Å². The lowest BCUT2D eigenvalue weighted by molar-refractivity contribution is 0.208. The molecule has 0 bridgehead atoms. The predicted octanol–water partition coefficient (Wildman–Crippen LogP) is 4.69. The van der Waals surface area contributed by atoms with E-state index in [1.807, 2.05) is 31.2 Å². The van der Waals surface area contributed by atoms with E-state index in [2.05, 4.69) is 25.2 Å². The third kappa shape index (κ3) is 4.34. The topological polar surface area (TPSA) is 86.4 Å². The number of halogens is 2. The molecule has 0 radical (unpaired) electrons. The van der Waals surface area contributed by atoms with Crippen LogP contribution in [0.1, 0.15) is 5.69 Å². The normalized spacial score (nSPS) is 13.9. The van der Waals surface area contributed by atoms with Crippen LogP contribution in [0, 0.1) is 18.6 Å². The van der Waals surface area contributed by atoms with Gasteiger partial charge in [-0.05, 0) is 43.3 Å². The summed E-state index contributed by atoms with van der Waals surface area (Å²) in [5.74, 6) is -0.0912. The standard InChI is InChI=1S/C24H22F2N6O2/c1-15-12-28-21(14-27-15)34-17-4-2-16(3-5-17)31-8-10-32(11-9-31)24(33)30-20-13-29-23-19(26)7-6-18(25)22(20)23/h2-7,12-14,29H,8-11H2,1H3,(H,30,33). The first-order chi connectivity index (χ1) is 16.5. The lowest BCUT2D eigenvalue weighted by Crippen LogP contribution is -2.50. The number of hydrogen-bond donors (Lipinski definition) is 2. The third-order valence-corrected chi connectivity index (χ3v) is 5.72. The maximum absolute atomic E-state index is 14.2. The lowest BCUT2D eigenvalue weighted by atomic mass is 10.2. The molecule has 1 fully saturated rings. The van der Waals surface area contributed by atoms with E-state index in [9.17, 15) is 13.6 Å². The highest BCUT2D eigenvalue weighted by atomic mass is 19.1. The molecular weight excluding hydrogens is 442 g/mol. The Balaban J connectivity index is 1.18. The summed E-state index contributed by atoms with van der Waals surface area (Å²) in [6.07, 6.45) is 4.62. The van der Waals surface area contributed by atoms with E-state index in [1.165, 1.54) is 6.20 Å². The first kappa shape index (κ1) is 21.6. The minimum Gasteiger partial charge on any atom is -0.438 e. The van der Waals surface area contributed by atoms with Gasteiger partial charge in [-0.15, -0.1) is 0 Å². The van der Waals surface area contributed by atoms with Crippen LogP contribution in [0.15, 0.2) is 55.0 Å². The van der Waals surface area contributed by atoms with Gasteiger partial charge in [0.25, 0.3) is 0 Å². The number of aromatic amines is 1. The smallest absolute Gasteiger partial charge is 0.322 e. The van der Waals surface area contributed by atoms with Crippen molar-refractivity contribution in [3.05, 3.63) is 72.3 Å². The number of ether oxygens (including phenoxy) is 1. The summed E-state index contributed by atoms with van der Waals surface area (Å²) in [5.41, 5.74) is 2.07. The minimum atomic E-state index is -0.598. The van der Waals surface area contributed by atoms with Gasteiger partial charge < -0.3 is 24.8 Å². The molecule has 0 spiro atoms. The largest absolute Gasteiger partial charge is 0.438 e. The van der Waals surface area contributed by atoms with Crippen LogP contribution in [-0.4, -0.2) is 52.1 Å². The van der Waals surface area contributed by atoms with Gasteiger partial charge in [-0.2, -0.15) is 0 Å². The number of nitrogens with one attached hydrogen (secondary N) is 2. The summed E-state index contributed by atoms with van der Waals surface area (Å²) in [7, 11) is 0. The van der Waals surface area contributed by atoms with Gasteiger partial charge in [0, 0.05) is 38.1 Å². The number of hydrogen-bond acceptors (Lipinski definition) is 5. The van der Waals surface area contributed by atoms with Crippen LogP contribution in [0.5, 0.6) is 11.6 Å². The van der Waals surface area contributed by atoms with Gasteiger partial charge in [-0.3, -0.25) is 4.98 Å². The quantitative estimate of drug-likeness (QED) is 0.458. The lowest BCUT2D eigenvalue weighted by Gasteiger charge is -2.36. The van der Waals surface area contributed by atoms with Crippen molar-refractivity contribution >= 4 is 28.3 Å². The average Bonchev–Trinajstić information content (AvgIpc) is 3.28. The van der Waals surface area contributed by atoms with E-state index < -0.39 is 11.6 Å². The van der Waals surface area contributed by atoms with E-state index in [1.54, 1.807) is 17.3 Å². The summed E-state index contributed by atoms with van der Waals surface area (Å²) in [4.78, 5) is 27.6. The molecule has 1 aliphatic rings. The molecule has 1 saturated heterocycles. The van der Waals surface area contributed by atoms with Crippen LogP contribution in [0.25, 0.3) is 10.9 Å². The molecular formula is C24H22F2N6O2. The number of amides is 2. The number of carbonyl (C=O) groups excluding carboxylic acids is 1. The Labute approximate surface area is 194 Å². The fraction of sp³-hybridized carbons (Fsp3) is 0.208. The number of aryl methyl sites for hydroxylation is 1. The number of fused-ring (bicyclic) bond motifs is 1. The Kier molecular flexibility index (Phi) is 5.70. The molecule has 0 atom stereocenters. The zero-order chi connectivity index (χ0) is 23.7. The van der Waals surface area contributed by atoms with Crippen LogP contribution in [0.2, 0.25) is 0 Å². The number of piperazine rings is 1. The summed E-state index contributed by atoms with van der Waals surface area (Å²) in [6, 6.07) is 9.37. The van der Waals surface area contributed by atoms with Crippen molar-refractivity contribution < 1.29 is 18.3 Å². The highest BCUT2D eigenvalue weighted by molar-refractivity contribution is 6.01. The van der Waals surface area contributed by atoms with Crippen LogP contribution in [0.4, 0.5) is 25.0 Å². The highest BCUT2D eigenvalue weighted by Gasteiger charge is 2.23. The summed E-state index contributed by atoms with van der Waals surface area (Å²) < 4.78 is 33.8. The van der Waals surface area contributed by atoms with E-state index in [0.29, 0.717) is 37.8 Å². The molecule has 2 aromatic heterocycles. The Morgan fingerprint density at radius 3 is 2.44 bits per heavy atom. The van der Waals surface area contributed by atoms with Crippen molar-refractivity contribution in [1.29, 1.82) is 0 Å². The number of rotatable bonds is 4. The molecule has 2 amide bonds. The van der Waals surface area contributed by atoms with E-state index in [4.69, 9.17) is 4.74 Å². The fourth-order valence-corrected chi connectivity index (χ4v) is 3.91. The van der Waals surface area contributed by atoms with Crippen LogP contribution >= 0.6 is 0 Å². The number of aromatic nitrogens is 3. The van der Waals surface area contributed by atoms with Gasteiger partial charge >= 0.3 is 6.03 Å². The Morgan fingerprint density at radius 2 is 1.74 bits per heavy atom. The van der Waals surface area contributed by atoms with E-state index >= 15 is 0 Å². The van der Waals surface area contributed by atoms with Crippen molar-refractivity contribution in [2.24, 2.45) is 0 Å². The zero-order valence-corrected chi connectivity index (χ0v) is 18.4. The SMILES string of the molecule is Cc1cnc(Oc2ccc(N3CCN(C(=O)Nc4c[nH]c5c(F)ccc(F)c45)CC3)cc2)cn1. The van der Waals surface area contributed by atoms with Crippen molar-refractivity contribution in [3.8, 4) is 11.6 Å². The molecule has 1 aliphatic heterocycles. The number of H-pyrrole nitrogens is 1. The van der Waals surface area contributed by atoms with Gasteiger partial charge in [0.15, 0.2) is 0 Å². The Bertz CT molecular complexity index is 1320. The highest BCUT2D eigenvalue weighted by Crippen LogP contribution is 2.29. The number of nitrogens with zero attached hydrogens (tertiary/aromatic N) is 4. The second-order valence-electron chi connectivity index (χ2n) is 7.98. The Morgan fingerprint density at radius 1 is 1.00 bits per heavy atom. The molecule has 3 heterocycles. The molecule has 0 unspecified atom stereocenters. The monoisotopic (exact) mass is 464 g/mol. The van der Waals surface area contributed by atoms with Gasteiger partial charge in [-0.1, -0.05) is 0 Å². The van der Waals surface area contributed by atoms with Gasteiger partial charge in [0.2, 0.25) is 5.88 Å². The number of benzene rings is 2. The predicted molar refractivity (Wildman–Crippen MR) is 124 cm³/mol. The molecule has 10 heteroatoms. The number of carbonyl (C=O) groups is 1. The van der Waals surface area contributed by atoms with Crippen molar-refractivity contribution in [1.82, 2.24) is 19.9 Å². The van der Waals surface area contributed by atoms with Gasteiger partial charge in [0.05, 0.1) is 34.7 Å². The second-order valence-corrected chi connectivity index (χ2v) is 7.98. The van der Waals surface area contributed by atoms with Crippen molar-refractivity contribution in [2.75, 3.05) is 36.4 Å². The first-order valence-electron chi connectivity index (χ1n) is 10.8. The maximum atomic E-state index is 14.2. The van der Waals surface area contributed by atoms with Gasteiger partial charge in [0.1, 0.15) is 17.4 Å². The molecule has 0 aliphatic carbocycles. The second kappa shape index (κ2) is 8.97.